The molecule has 4 fully saturated rings. The monoisotopic (exact) mass is 1430 g/mol. The fourth-order valence-electron chi connectivity index (χ4n) is 9.74. The van der Waals surface area contributed by atoms with Gasteiger partial charge < -0.3 is 31.3 Å². The average Bonchev–Trinajstić information content (AvgIpc) is 1.61. The van der Waals surface area contributed by atoms with Gasteiger partial charge in [0.15, 0.2) is 11.6 Å². The third kappa shape index (κ3) is 19.8. The standard InChI is InChI=1S/C26H33F2N7O4S.C19H19ClF2N6O4S.C7H15N.CH2O3.ClH.2K.2H2S.H/c1-16-11-24(3,4)34(13-16)22-18(23(36)32-40(37,38)19-12-29-33(6)17(19)2)7-8-20(30-22)35-10-9-21(31-35)39-15-25(5)14-26(25,27)28;1-11-13(8-23-27(11)3)33(30,31)26-17(29)12-4-5-14(24-16(12)20)28-7-6-15(25-28)32-10-18(2)9-19(18,21)22;1-6-4-7(2,3)8-5-6;2-1-4-3;;;;;;/h7-10,12,16H,11,13-15H2,1-6H3,(H,32,36);4-8H,9-10H2,1-3H3,(H,26,29);6,8H,4-5H2,1-3H3;1,3H;1H;;;2*1H2;/q;;;;;2*+1;;;-1/p-1/t16-,25?;;6-;;;;;;;/m0.0......./s1. The number of aryl methyl sites for hydroxylation is 2. The van der Waals surface area contributed by atoms with Crippen LogP contribution in [0.1, 0.15) is 115 Å². The zero-order chi connectivity index (χ0) is 63.0. The Kier molecular flexibility index (Phi) is 29.7. The predicted molar refractivity (Wildman–Crippen MR) is 327 cm³/mol. The summed E-state index contributed by atoms with van der Waals surface area (Å²) in [7, 11) is -5.18. The topological polar surface area (TPSA) is 307 Å². The molecule has 2 saturated heterocycles. The molecule has 90 heavy (non-hydrogen) atoms. The SMILES string of the molecule is C[C@@H]1CNC(C)(C)C1.Cc1c(S(=O)(=O)NC(=O)c2ccc(-n3ccc(OCC4(C)CC4(F)F)n3)nc2Cl)cnn1C.Cc1c(S(=O)(=O)NC(=O)c2ccc(-n3ccc(OCC4(C)CC4(F)F)n3)nc2N2C[C@@H](C)CC2(C)C)cnn1C.Cl.O=CO[O-].S.S.[H-].[K+].[K+]. The van der Waals surface area contributed by atoms with Crippen LogP contribution in [-0.4, -0.2) is 133 Å². The summed E-state index contributed by atoms with van der Waals surface area (Å²) in [4.78, 5) is 47.8. The van der Waals surface area contributed by atoms with Crippen molar-refractivity contribution in [3.8, 4) is 23.4 Å². The summed E-state index contributed by atoms with van der Waals surface area (Å²) in [6.07, 6.45) is 7.10. The number of rotatable bonds is 16. The van der Waals surface area contributed by atoms with Gasteiger partial charge in [0.2, 0.25) is 11.8 Å². The van der Waals surface area contributed by atoms with Crippen LogP contribution < -0.4 is 137 Å². The molecule has 6 aromatic rings. The second-order valence-electron chi connectivity index (χ2n) is 23.5. The number of sulfonamides is 2. The van der Waals surface area contributed by atoms with Crippen LogP contribution in [0, 0.1) is 36.5 Å². The number of anilines is 1. The van der Waals surface area contributed by atoms with Gasteiger partial charge >= 0.3 is 103 Å². The van der Waals surface area contributed by atoms with Gasteiger partial charge in [0.1, 0.15) is 34.0 Å². The average molecular weight is 1440 g/mol. The van der Waals surface area contributed by atoms with Gasteiger partial charge in [-0.3, -0.25) is 23.7 Å². The van der Waals surface area contributed by atoms with Gasteiger partial charge in [-0.15, -0.1) is 22.6 Å². The van der Waals surface area contributed by atoms with E-state index in [1.54, 1.807) is 46.3 Å². The number of nitrogens with one attached hydrogen (secondary N) is 3. The Hall–Kier alpha value is -2.96. The molecule has 2 aliphatic heterocycles. The van der Waals surface area contributed by atoms with E-state index in [0.29, 0.717) is 41.0 Å². The zero-order valence-electron chi connectivity index (χ0n) is 53.2. The van der Waals surface area contributed by atoms with Crippen LogP contribution in [0.4, 0.5) is 23.4 Å². The number of pyridine rings is 2. The van der Waals surface area contributed by atoms with Crippen LogP contribution in [0.25, 0.3) is 11.6 Å². The normalized spacial score (nSPS) is 20.8. The van der Waals surface area contributed by atoms with Gasteiger partial charge in [-0.2, -0.15) is 37.2 Å². The Morgan fingerprint density at radius 1 is 0.733 bits per heavy atom. The largest absolute Gasteiger partial charge is 1.00 e. The fourth-order valence-corrected chi connectivity index (χ4v) is 12.3. The number of amides is 2. The van der Waals surface area contributed by atoms with Crippen molar-refractivity contribution in [2.75, 3.05) is 31.2 Å². The van der Waals surface area contributed by atoms with E-state index in [-0.39, 0.29) is 225 Å². The minimum Gasteiger partial charge on any atom is -1.00 e. The molecule has 0 aromatic carbocycles. The van der Waals surface area contributed by atoms with Crippen LogP contribution in [-0.2, 0) is 43.8 Å². The van der Waals surface area contributed by atoms with Crippen LogP contribution in [0.3, 0.4) is 0 Å². The van der Waals surface area contributed by atoms with Crippen LogP contribution in [0.2, 0.25) is 5.15 Å². The van der Waals surface area contributed by atoms with E-state index < -0.39 is 54.5 Å². The first-order valence-corrected chi connectivity index (χ1v) is 29.9. The summed E-state index contributed by atoms with van der Waals surface area (Å²) in [5.74, 6) is -4.93. The van der Waals surface area contributed by atoms with Gasteiger partial charge in [-0.05, 0) is 97.0 Å². The molecule has 2 saturated carbocycles. The van der Waals surface area contributed by atoms with Crippen molar-refractivity contribution in [2.24, 2.45) is 36.8 Å². The van der Waals surface area contributed by atoms with E-state index >= 15 is 0 Å². The molecule has 2 aliphatic carbocycles. The van der Waals surface area contributed by atoms with Gasteiger partial charge in [0.25, 0.3) is 50.2 Å². The Morgan fingerprint density at radius 3 is 1.47 bits per heavy atom. The summed E-state index contributed by atoms with van der Waals surface area (Å²) in [5.41, 5.74) is -1.69. The van der Waals surface area contributed by atoms with E-state index in [1.165, 1.54) is 82.2 Å². The first-order valence-electron chi connectivity index (χ1n) is 26.5. The fraction of sp³-hybridized carbons (Fsp3) is 0.528. The van der Waals surface area contributed by atoms with Crippen molar-refractivity contribution in [2.45, 2.75) is 128 Å². The Balaban J connectivity index is 0.000000735. The number of alkyl halides is 4. The molecule has 8 heterocycles. The smallest absolute Gasteiger partial charge is 1.00 e. The maximum absolute atomic E-state index is 13.6. The van der Waals surface area contributed by atoms with Gasteiger partial charge in [0.05, 0.1) is 45.7 Å². The van der Waals surface area contributed by atoms with Gasteiger partial charge in [-0.1, -0.05) is 39.3 Å². The van der Waals surface area contributed by atoms with E-state index in [4.69, 9.17) is 36.1 Å². The van der Waals surface area contributed by atoms with E-state index in [0.717, 1.165) is 18.5 Å². The van der Waals surface area contributed by atoms with Crippen molar-refractivity contribution >= 4 is 95.2 Å². The van der Waals surface area contributed by atoms with Crippen molar-refractivity contribution in [3.05, 3.63) is 88.9 Å². The van der Waals surface area contributed by atoms with Gasteiger partial charge in [-0.25, -0.2) is 63.2 Å². The molecule has 490 valence electrons. The van der Waals surface area contributed by atoms with E-state index in [2.05, 4.69) is 68.0 Å². The number of nitrogens with zero attached hydrogens (tertiary/aromatic N) is 11. The molecule has 3 N–H and O–H groups in total. The third-order valence-corrected chi connectivity index (χ3v) is 18.3. The molecule has 0 spiro atoms. The summed E-state index contributed by atoms with van der Waals surface area (Å²) in [6.45, 7) is 20.3. The van der Waals surface area contributed by atoms with E-state index in [9.17, 15) is 44.0 Å². The number of carbonyl (C=O) groups is 3. The molecule has 2 unspecified atom stereocenters. The zero-order valence-corrected chi connectivity index (χ0v) is 63.6. The quantitative estimate of drug-likeness (QED) is 0.0298. The van der Waals surface area contributed by atoms with Gasteiger partial charge in [0, 0.05) is 69.1 Å². The van der Waals surface area contributed by atoms with Crippen molar-refractivity contribution in [3.63, 3.8) is 0 Å². The third-order valence-electron chi connectivity index (χ3n) is 15.2. The van der Waals surface area contributed by atoms with Crippen molar-refractivity contribution in [1.29, 1.82) is 0 Å². The molecule has 10 rings (SSSR count). The molecule has 2 amide bonds. The minimum atomic E-state index is -4.19. The first kappa shape index (κ1) is 83.1. The predicted octanol–water partition coefficient (Wildman–Crippen LogP) is 0.579. The number of halogens is 6. The number of hydrogen-bond acceptors (Lipinski definition) is 19. The second kappa shape index (κ2) is 32.2. The van der Waals surface area contributed by atoms with Crippen LogP contribution in [0.15, 0.2) is 71.0 Å². The summed E-state index contributed by atoms with van der Waals surface area (Å²) >= 11 is 6.11. The molecular formula is C53H74Cl2F4K2N14O11S4. The number of aromatic nitrogens is 10. The van der Waals surface area contributed by atoms with Crippen LogP contribution >= 0.6 is 51.0 Å². The summed E-state index contributed by atoms with van der Waals surface area (Å²) < 4.78 is 125. The number of hydrogen-bond donors (Lipinski definition) is 3. The molecule has 0 bridgehead atoms. The maximum atomic E-state index is 13.6. The molecule has 25 nitrogen and oxygen atoms in total. The van der Waals surface area contributed by atoms with Crippen molar-refractivity contribution < 1.29 is 173 Å². The Bertz CT molecular complexity index is 3720. The number of carbonyl (C=O) groups excluding carboxylic acids is 3. The molecule has 4 aliphatic rings. The molecule has 4 atom stereocenters. The molecule has 0 radical (unpaired) electrons. The molecule has 37 heteroatoms. The second-order valence-corrected chi connectivity index (χ2v) is 27.2. The van der Waals surface area contributed by atoms with Crippen LogP contribution in [0.5, 0.6) is 11.8 Å². The molecule has 6 aromatic heterocycles. The summed E-state index contributed by atoms with van der Waals surface area (Å²) in [5, 5.41) is 27.9. The Morgan fingerprint density at radius 2 is 1.14 bits per heavy atom. The first-order chi connectivity index (χ1) is 39.4. The van der Waals surface area contributed by atoms with E-state index in [1.807, 2.05) is 23.5 Å². The minimum absolute atomic E-state index is 0. The molecular weight excluding hydrogens is 1360 g/mol. The number of ether oxygens (including phenoxy) is 2. The Labute approximate surface area is 631 Å². The van der Waals surface area contributed by atoms with Crippen molar-refractivity contribution in [1.82, 2.24) is 63.9 Å². The summed E-state index contributed by atoms with van der Waals surface area (Å²) in [6, 6.07) is 8.76. The maximum Gasteiger partial charge on any atom is 1.00 e.